The van der Waals surface area contributed by atoms with E-state index in [0.29, 0.717) is 10.6 Å². The van der Waals surface area contributed by atoms with Crippen LogP contribution in [0.3, 0.4) is 0 Å². The van der Waals surface area contributed by atoms with E-state index in [1.807, 2.05) is 20.0 Å². The van der Waals surface area contributed by atoms with Crippen LogP contribution in [0.5, 0.6) is 0 Å². The first-order valence-electron chi connectivity index (χ1n) is 4.87. The molecule has 0 radical (unpaired) electrons. The van der Waals surface area contributed by atoms with Gasteiger partial charge in [0.25, 0.3) is 0 Å². The van der Waals surface area contributed by atoms with Crippen molar-refractivity contribution in [3.63, 3.8) is 0 Å². The second kappa shape index (κ2) is 4.10. The Morgan fingerprint density at radius 3 is 2.69 bits per heavy atom. The molecule has 3 nitrogen and oxygen atoms in total. The maximum atomic E-state index is 10.6. The van der Waals surface area contributed by atoms with Gasteiger partial charge in [-0.15, -0.1) is 0 Å². The number of rotatable bonds is 2. The molecule has 1 heterocycles. The second-order valence-corrected chi connectivity index (χ2v) is 4.03. The van der Waals surface area contributed by atoms with E-state index in [2.05, 4.69) is 5.10 Å². The zero-order chi connectivity index (χ0) is 11.7. The molecule has 0 fully saturated rings. The third-order valence-electron chi connectivity index (χ3n) is 2.67. The lowest BCUT2D eigenvalue weighted by Crippen LogP contribution is -1.92. The number of halogens is 1. The van der Waals surface area contributed by atoms with Gasteiger partial charge in [0.1, 0.15) is 0 Å². The highest BCUT2D eigenvalue weighted by Gasteiger charge is 2.08. The maximum Gasteiger partial charge on any atom is 0.151 e. The molecule has 0 spiro atoms. The van der Waals surface area contributed by atoms with Crippen molar-refractivity contribution < 1.29 is 4.79 Å². The summed E-state index contributed by atoms with van der Waals surface area (Å²) in [5, 5.41) is 4.64. The van der Waals surface area contributed by atoms with Crippen molar-refractivity contribution >= 4 is 17.9 Å². The zero-order valence-corrected chi connectivity index (χ0v) is 9.82. The molecular weight excluding hydrogens is 224 g/mol. The lowest BCUT2D eigenvalue weighted by molar-refractivity contribution is 0.112. The predicted molar refractivity (Wildman–Crippen MR) is 63.8 cm³/mol. The molecule has 0 amide bonds. The van der Waals surface area contributed by atoms with E-state index >= 15 is 0 Å². The van der Waals surface area contributed by atoms with Crippen molar-refractivity contribution in [2.45, 2.75) is 6.92 Å². The second-order valence-electron chi connectivity index (χ2n) is 3.62. The Labute approximate surface area is 98.7 Å². The molecule has 2 rings (SSSR count). The number of carbonyl (C=O) groups excluding carboxylic acids is 1. The van der Waals surface area contributed by atoms with Gasteiger partial charge in [0.15, 0.2) is 6.29 Å². The van der Waals surface area contributed by atoms with Crippen molar-refractivity contribution in [1.82, 2.24) is 9.78 Å². The summed E-state index contributed by atoms with van der Waals surface area (Å²) in [5.41, 5.74) is 3.57. The molecule has 4 heteroatoms. The maximum absolute atomic E-state index is 10.6. The van der Waals surface area contributed by atoms with Crippen LogP contribution in [0.4, 0.5) is 0 Å². The average Bonchev–Trinajstić information content (AvgIpc) is 2.60. The SMILES string of the molecule is Cc1c(-c2ccc(C=O)c(Cl)c2)cnn1C. The minimum atomic E-state index is 0.468. The molecule has 0 aliphatic rings. The topological polar surface area (TPSA) is 34.9 Å². The van der Waals surface area contributed by atoms with E-state index in [9.17, 15) is 4.79 Å². The van der Waals surface area contributed by atoms with Gasteiger partial charge in [-0.2, -0.15) is 5.10 Å². The highest BCUT2D eigenvalue weighted by molar-refractivity contribution is 6.33. The Morgan fingerprint density at radius 2 is 2.19 bits per heavy atom. The Kier molecular flexibility index (Phi) is 2.79. The fourth-order valence-corrected chi connectivity index (χ4v) is 1.80. The van der Waals surface area contributed by atoms with E-state index < -0.39 is 0 Å². The Morgan fingerprint density at radius 1 is 1.44 bits per heavy atom. The van der Waals surface area contributed by atoms with E-state index in [0.717, 1.165) is 23.1 Å². The third-order valence-corrected chi connectivity index (χ3v) is 3.00. The fourth-order valence-electron chi connectivity index (χ4n) is 1.57. The fraction of sp³-hybridized carbons (Fsp3) is 0.167. The zero-order valence-electron chi connectivity index (χ0n) is 9.07. The van der Waals surface area contributed by atoms with E-state index in [1.54, 1.807) is 23.0 Å². The Bertz CT molecular complexity index is 546. The van der Waals surface area contributed by atoms with Crippen LogP contribution >= 0.6 is 11.6 Å². The summed E-state index contributed by atoms with van der Waals surface area (Å²) in [4.78, 5) is 10.6. The largest absolute Gasteiger partial charge is 0.298 e. The predicted octanol–water partition coefficient (Wildman–Crippen LogP) is 2.86. The van der Waals surface area contributed by atoms with E-state index in [1.165, 1.54) is 0 Å². The molecule has 1 aromatic heterocycles. The molecule has 1 aromatic carbocycles. The summed E-state index contributed by atoms with van der Waals surface area (Å²) in [7, 11) is 1.89. The normalized spacial score (nSPS) is 10.4. The summed E-state index contributed by atoms with van der Waals surface area (Å²) >= 11 is 5.98. The number of aromatic nitrogens is 2. The van der Waals surface area contributed by atoms with Crippen molar-refractivity contribution in [3.8, 4) is 11.1 Å². The van der Waals surface area contributed by atoms with Gasteiger partial charge in [-0.1, -0.05) is 17.7 Å². The lowest BCUT2D eigenvalue weighted by atomic mass is 10.1. The van der Waals surface area contributed by atoms with Crippen LogP contribution in [0.15, 0.2) is 24.4 Å². The molecule has 2 aromatic rings. The quantitative estimate of drug-likeness (QED) is 0.749. The molecule has 0 saturated carbocycles. The van der Waals surface area contributed by atoms with Crippen LogP contribution in [0, 0.1) is 6.92 Å². The van der Waals surface area contributed by atoms with Crippen molar-refractivity contribution in [3.05, 3.63) is 40.7 Å². The first-order valence-corrected chi connectivity index (χ1v) is 5.25. The molecule has 0 saturated heterocycles. The average molecular weight is 235 g/mol. The van der Waals surface area contributed by atoms with Crippen LogP contribution in [0.25, 0.3) is 11.1 Å². The number of carbonyl (C=O) groups is 1. The minimum absolute atomic E-state index is 0.468. The number of benzene rings is 1. The van der Waals surface area contributed by atoms with Gasteiger partial charge >= 0.3 is 0 Å². The molecule has 0 aliphatic carbocycles. The highest BCUT2D eigenvalue weighted by atomic mass is 35.5. The standard InChI is InChI=1S/C12H11ClN2O/c1-8-11(6-14-15(8)2)9-3-4-10(7-16)12(13)5-9/h3-7H,1-2H3. The summed E-state index contributed by atoms with van der Waals surface area (Å²) in [6, 6.07) is 5.38. The molecule has 82 valence electrons. The van der Waals surface area contributed by atoms with Crippen molar-refractivity contribution in [2.24, 2.45) is 7.05 Å². The number of aryl methyl sites for hydroxylation is 1. The molecular formula is C12H11ClN2O. The number of hydrogen-bond acceptors (Lipinski definition) is 2. The number of hydrogen-bond donors (Lipinski definition) is 0. The van der Waals surface area contributed by atoms with Gasteiger partial charge in [-0.3, -0.25) is 9.48 Å². The van der Waals surface area contributed by atoms with E-state index in [4.69, 9.17) is 11.6 Å². The van der Waals surface area contributed by atoms with Crippen molar-refractivity contribution in [2.75, 3.05) is 0 Å². The van der Waals surface area contributed by atoms with Gasteiger partial charge in [-0.25, -0.2) is 0 Å². The smallest absolute Gasteiger partial charge is 0.151 e. The lowest BCUT2D eigenvalue weighted by Gasteiger charge is -2.03. The summed E-state index contributed by atoms with van der Waals surface area (Å²) < 4.78 is 1.80. The first kappa shape index (κ1) is 10.9. The molecule has 16 heavy (non-hydrogen) atoms. The van der Waals surface area contributed by atoms with Crippen LogP contribution in [-0.2, 0) is 7.05 Å². The molecule has 0 N–H and O–H groups in total. The summed E-state index contributed by atoms with van der Waals surface area (Å²) in [6.45, 7) is 1.99. The first-order chi connectivity index (χ1) is 7.63. The molecule has 0 bridgehead atoms. The summed E-state index contributed by atoms with van der Waals surface area (Å²) in [6.07, 6.45) is 2.55. The highest BCUT2D eigenvalue weighted by Crippen LogP contribution is 2.26. The number of nitrogens with zero attached hydrogens (tertiary/aromatic N) is 2. The van der Waals surface area contributed by atoms with Crippen LogP contribution < -0.4 is 0 Å². The minimum Gasteiger partial charge on any atom is -0.298 e. The number of aldehydes is 1. The Hall–Kier alpha value is -1.61. The molecule has 0 aliphatic heterocycles. The van der Waals surface area contributed by atoms with Crippen LogP contribution in [0.1, 0.15) is 16.1 Å². The van der Waals surface area contributed by atoms with Gasteiger partial charge in [-0.05, 0) is 24.6 Å². The van der Waals surface area contributed by atoms with Gasteiger partial charge < -0.3 is 0 Å². The van der Waals surface area contributed by atoms with Crippen molar-refractivity contribution in [1.29, 1.82) is 0 Å². The molecule has 0 unspecified atom stereocenters. The van der Waals surface area contributed by atoms with Crippen LogP contribution in [0.2, 0.25) is 5.02 Å². The van der Waals surface area contributed by atoms with Crippen LogP contribution in [-0.4, -0.2) is 16.1 Å². The van der Waals surface area contributed by atoms with Gasteiger partial charge in [0, 0.05) is 23.9 Å². The van der Waals surface area contributed by atoms with E-state index in [-0.39, 0.29) is 0 Å². The Balaban J connectivity index is 2.53. The monoisotopic (exact) mass is 234 g/mol. The molecule has 0 atom stereocenters. The van der Waals surface area contributed by atoms with Gasteiger partial charge in [0.05, 0.1) is 11.2 Å². The third kappa shape index (κ3) is 1.74. The summed E-state index contributed by atoms with van der Waals surface area (Å²) in [5.74, 6) is 0. The van der Waals surface area contributed by atoms with Gasteiger partial charge in [0.2, 0.25) is 0 Å².